The highest BCUT2D eigenvalue weighted by Gasteiger charge is 2.73. The van der Waals surface area contributed by atoms with Gasteiger partial charge in [0, 0.05) is 25.3 Å². The molecule has 0 heterocycles. The predicted molar refractivity (Wildman–Crippen MR) is 114 cm³/mol. The minimum atomic E-state index is -5.80. The van der Waals surface area contributed by atoms with Crippen LogP contribution >= 0.6 is 0 Å². The number of halogens is 6. The van der Waals surface area contributed by atoms with Crippen LogP contribution in [-0.2, 0) is 21.5 Å². The zero-order valence-corrected chi connectivity index (χ0v) is 19.3. The Morgan fingerprint density at radius 2 is 1.67 bits per heavy atom. The molecule has 0 aliphatic carbocycles. The average molecular weight is 481 g/mol. The minimum Gasteiger partial charge on any atom is -0.443 e. The van der Waals surface area contributed by atoms with E-state index in [0.29, 0.717) is 24.6 Å². The van der Waals surface area contributed by atoms with Crippen molar-refractivity contribution in [2.45, 2.75) is 64.9 Å². The summed E-state index contributed by atoms with van der Waals surface area (Å²) in [4.78, 5) is 4.35. The number of methoxy groups -OCH3 is 1. The highest BCUT2D eigenvalue weighted by atomic mass is 19.4. The van der Waals surface area contributed by atoms with Crippen molar-refractivity contribution in [2.75, 3.05) is 13.9 Å². The van der Waals surface area contributed by atoms with Crippen LogP contribution in [-0.4, -0.2) is 32.2 Å². The Labute approximate surface area is 189 Å². The second-order valence-corrected chi connectivity index (χ2v) is 7.22. The third-order valence-corrected chi connectivity index (χ3v) is 4.82. The highest BCUT2D eigenvalue weighted by molar-refractivity contribution is 5.77. The molecule has 4 nitrogen and oxygen atoms in total. The van der Waals surface area contributed by atoms with Gasteiger partial charge in [-0.3, -0.25) is 0 Å². The first-order valence-corrected chi connectivity index (χ1v) is 10.2. The maximum Gasteiger partial charge on any atom is 0.430 e. The van der Waals surface area contributed by atoms with Gasteiger partial charge in [0.05, 0.1) is 0 Å². The summed E-state index contributed by atoms with van der Waals surface area (Å²) in [5.74, 6) is 0.297. The van der Waals surface area contributed by atoms with Crippen molar-refractivity contribution in [3.63, 3.8) is 0 Å². The summed E-state index contributed by atoms with van der Waals surface area (Å²) in [7, 11) is 0.937. The van der Waals surface area contributed by atoms with Crippen LogP contribution < -0.4 is 4.74 Å². The van der Waals surface area contributed by atoms with Gasteiger partial charge in [0.25, 0.3) is 5.60 Å². The van der Waals surface area contributed by atoms with E-state index in [1.54, 1.807) is 19.9 Å². The molecule has 0 aliphatic rings. The van der Waals surface area contributed by atoms with Crippen LogP contribution in [0.25, 0.3) is 0 Å². The van der Waals surface area contributed by atoms with E-state index in [9.17, 15) is 26.3 Å². The Morgan fingerprint density at radius 1 is 1.06 bits per heavy atom. The fourth-order valence-corrected chi connectivity index (χ4v) is 3.18. The summed E-state index contributed by atoms with van der Waals surface area (Å²) in [6.07, 6.45) is -8.76. The third kappa shape index (κ3) is 6.60. The molecule has 0 aromatic heterocycles. The second-order valence-electron chi connectivity index (χ2n) is 7.22. The Bertz CT molecular complexity index is 858. The summed E-state index contributed by atoms with van der Waals surface area (Å²) in [6, 6.07) is 2.58. The number of ether oxygens (including phenoxy) is 3. The number of hydrogen-bond donors (Lipinski definition) is 0. The zero-order chi connectivity index (χ0) is 25.4. The van der Waals surface area contributed by atoms with Gasteiger partial charge in [-0.25, -0.2) is 4.99 Å². The number of aliphatic imine (C=N–C) groups is 1. The molecule has 0 saturated carbocycles. The van der Waals surface area contributed by atoms with Crippen LogP contribution in [0.2, 0.25) is 0 Å². The molecular formula is C23H29F6NO3. The molecule has 10 heteroatoms. The van der Waals surface area contributed by atoms with E-state index in [2.05, 4.69) is 21.0 Å². The third-order valence-electron chi connectivity index (χ3n) is 4.82. The molecule has 0 aliphatic heterocycles. The molecule has 0 radical (unpaired) electrons. The van der Waals surface area contributed by atoms with E-state index >= 15 is 0 Å². The molecule has 1 aromatic rings. The fourth-order valence-electron chi connectivity index (χ4n) is 3.18. The lowest BCUT2D eigenvalue weighted by Crippen LogP contribution is -2.56. The Morgan fingerprint density at radius 3 is 2.12 bits per heavy atom. The molecule has 0 saturated heterocycles. The van der Waals surface area contributed by atoms with Crippen molar-refractivity contribution in [3.05, 3.63) is 53.3 Å². The molecular weight excluding hydrogens is 452 g/mol. The fraction of sp³-hybridized carbons (Fsp3) is 0.522. The first-order chi connectivity index (χ1) is 15.3. The smallest absolute Gasteiger partial charge is 0.430 e. The van der Waals surface area contributed by atoms with Crippen molar-refractivity contribution >= 4 is 5.90 Å². The van der Waals surface area contributed by atoms with Gasteiger partial charge < -0.3 is 14.2 Å². The SMILES string of the molecule is C=C/C(C)=C(/CC)N=C(C)Oc1ccc(C(OCOC)(C(F)(F)F)C(F)(F)F)cc1CCC. The van der Waals surface area contributed by atoms with E-state index in [4.69, 9.17) is 4.74 Å². The lowest BCUT2D eigenvalue weighted by atomic mass is 9.89. The quantitative estimate of drug-likeness (QED) is 0.116. The number of aryl methyl sites for hydroxylation is 1. The van der Waals surface area contributed by atoms with Gasteiger partial charge >= 0.3 is 12.4 Å². The van der Waals surface area contributed by atoms with Gasteiger partial charge in [0.1, 0.15) is 12.5 Å². The maximum absolute atomic E-state index is 13.8. The lowest BCUT2D eigenvalue weighted by Gasteiger charge is -2.37. The number of rotatable bonds is 10. The summed E-state index contributed by atoms with van der Waals surface area (Å²) in [5.41, 5.74) is -4.00. The van der Waals surface area contributed by atoms with Gasteiger partial charge in [-0.2, -0.15) is 26.3 Å². The monoisotopic (exact) mass is 481 g/mol. The van der Waals surface area contributed by atoms with Crippen molar-refractivity contribution in [3.8, 4) is 5.75 Å². The normalized spacial score (nSPS) is 14.2. The molecule has 0 atom stereocenters. The first kappa shape index (κ1) is 28.7. The predicted octanol–water partition coefficient (Wildman–Crippen LogP) is 7.25. The van der Waals surface area contributed by atoms with Crippen LogP contribution in [0.1, 0.15) is 51.7 Å². The minimum absolute atomic E-state index is 0.110. The molecule has 0 bridgehead atoms. The van der Waals surface area contributed by atoms with Gasteiger partial charge in [0.2, 0.25) is 0 Å². The van der Waals surface area contributed by atoms with E-state index in [1.807, 2.05) is 13.8 Å². The Kier molecular flexibility index (Phi) is 10.2. The zero-order valence-electron chi connectivity index (χ0n) is 19.3. The average Bonchev–Trinajstić information content (AvgIpc) is 2.71. The number of nitrogens with zero attached hydrogens (tertiary/aromatic N) is 1. The Balaban J connectivity index is 3.62. The molecule has 0 unspecified atom stereocenters. The molecule has 0 spiro atoms. The van der Waals surface area contributed by atoms with Crippen LogP contribution in [0, 0.1) is 0 Å². The summed E-state index contributed by atoms with van der Waals surface area (Å²) < 4.78 is 97.4. The van der Waals surface area contributed by atoms with Crippen molar-refractivity contribution in [2.24, 2.45) is 4.99 Å². The van der Waals surface area contributed by atoms with Crippen LogP contribution in [0.5, 0.6) is 5.75 Å². The van der Waals surface area contributed by atoms with Crippen molar-refractivity contribution < 1.29 is 40.6 Å². The van der Waals surface area contributed by atoms with Gasteiger partial charge in [-0.05, 0) is 43.0 Å². The maximum atomic E-state index is 13.8. The molecule has 186 valence electrons. The number of allylic oxidation sites excluding steroid dienone is 3. The van der Waals surface area contributed by atoms with E-state index in [-0.39, 0.29) is 23.6 Å². The molecule has 33 heavy (non-hydrogen) atoms. The van der Waals surface area contributed by atoms with Gasteiger partial charge in [0.15, 0.2) is 5.90 Å². The largest absolute Gasteiger partial charge is 0.443 e. The molecule has 1 aromatic carbocycles. The summed E-state index contributed by atoms with van der Waals surface area (Å²) >= 11 is 0. The number of benzene rings is 1. The van der Waals surface area contributed by atoms with Gasteiger partial charge in [-0.15, -0.1) is 0 Å². The standard InChI is InChI=1S/C23H29F6NO3/c1-7-10-17-13-18(21(22(24,25)26,23(27,28)29)32-14-31-6)11-12-20(17)33-16(5)30-19(9-3)15(4)8-2/h8,11-13H,2,7,9-10,14H2,1,3-6H3/b19-15-,30-16?. The first-order valence-electron chi connectivity index (χ1n) is 10.2. The molecule has 0 fully saturated rings. The lowest BCUT2D eigenvalue weighted by molar-refractivity contribution is -0.400. The van der Waals surface area contributed by atoms with Crippen molar-refractivity contribution in [1.29, 1.82) is 0 Å². The molecule has 1 rings (SSSR count). The number of alkyl halides is 6. The Hall–Kier alpha value is -2.33. The van der Waals surface area contributed by atoms with Crippen LogP contribution in [0.15, 0.2) is 47.1 Å². The van der Waals surface area contributed by atoms with Crippen LogP contribution in [0.4, 0.5) is 26.3 Å². The van der Waals surface area contributed by atoms with E-state index in [1.165, 1.54) is 0 Å². The molecule has 0 N–H and O–H groups in total. The van der Waals surface area contributed by atoms with Gasteiger partial charge in [-0.1, -0.05) is 39.0 Å². The van der Waals surface area contributed by atoms with E-state index in [0.717, 1.165) is 24.8 Å². The van der Waals surface area contributed by atoms with E-state index < -0.39 is 30.3 Å². The second kappa shape index (κ2) is 11.7. The summed E-state index contributed by atoms with van der Waals surface area (Å²) in [5, 5.41) is 0. The van der Waals surface area contributed by atoms with Crippen molar-refractivity contribution in [1.82, 2.24) is 0 Å². The molecule has 0 amide bonds. The number of hydrogen-bond acceptors (Lipinski definition) is 4. The highest BCUT2D eigenvalue weighted by Crippen LogP contribution is 2.53. The summed E-state index contributed by atoms with van der Waals surface area (Å²) in [6.45, 7) is 9.46. The van der Waals surface area contributed by atoms with Crippen LogP contribution in [0.3, 0.4) is 0 Å². The topological polar surface area (TPSA) is 40.0 Å².